The Bertz CT molecular complexity index is 923. The van der Waals surface area contributed by atoms with Crippen LogP contribution in [0, 0.1) is 5.82 Å². The molecule has 3 aromatic rings. The number of nitrogens with one attached hydrogen (secondary N) is 1. The van der Waals surface area contributed by atoms with E-state index in [1.165, 1.54) is 17.7 Å². The molecule has 0 aliphatic rings. The third-order valence-electron chi connectivity index (χ3n) is 4.68. The molecule has 0 saturated carbocycles. The number of benzene rings is 2. The Balaban J connectivity index is 1.67. The van der Waals surface area contributed by atoms with Crippen LogP contribution in [0.4, 0.5) is 4.39 Å². The maximum absolute atomic E-state index is 13.3. The largest absolute Gasteiger partial charge is 0.455 e. The van der Waals surface area contributed by atoms with Crippen molar-refractivity contribution in [3.63, 3.8) is 0 Å². The first-order chi connectivity index (χ1) is 14.5. The van der Waals surface area contributed by atoms with Crippen LogP contribution < -0.4 is 5.32 Å². The molecular formula is C24H28FN3O2. The Hall–Kier alpha value is -2.96. The lowest BCUT2D eigenvalue weighted by atomic mass is 10.1. The lowest BCUT2D eigenvalue weighted by molar-refractivity contribution is 0.0918. The zero-order chi connectivity index (χ0) is 21.3. The first-order valence-corrected chi connectivity index (χ1v) is 10.0. The number of hydrogen-bond donors (Lipinski definition) is 1. The van der Waals surface area contributed by atoms with Gasteiger partial charge in [0.1, 0.15) is 11.6 Å². The molecule has 0 radical (unpaired) electrons. The predicted molar refractivity (Wildman–Crippen MR) is 115 cm³/mol. The van der Waals surface area contributed by atoms with Gasteiger partial charge in [0, 0.05) is 26.2 Å². The molecule has 0 saturated heterocycles. The first kappa shape index (κ1) is 21.7. The highest BCUT2D eigenvalue weighted by Crippen LogP contribution is 2.16. The second kappa shape index (κ2) is 10.7. The van der Waals surface area contributed by atoms with Gasteiger partial charge in [0.25, 0.3) is 5.91 Å². The number of carbonyl (C=O) groups is 1. The topological polar surface area (TPSA) is 48.7 Å². The number of likely N-dealkylation sites (N-methyl/N-ethyl adjacent to an activating group) is 1. The van der Waals surface area contributed by atoms with Gasteiger partial charge in [-0.05, 0) is 49.5 Å². The molecule has 2 aromatic carbocycles. The van der Waals surface area contributed by atoms with Crippen LogP contribution >= 0.6 is 0 Å². The summed E-state index contributed by atoms with van der Waals surface area (Å²) in [5, 5.41) is 2.86. The molecule has 30 heavy (non-hydrogen) atoms. The van der Waals surface area contributed by atoms with E-state index in [1.807, 2.05) is 43.3 Å². The molecule has 158 valence electrons. The summed E-state index contributed by atoms with van der Waals surface area (Å²) in [6, 6.07) is 20.2. The van der Waals surface area contributed by atoms with Crippen molar-refractivity contribution in [1.29, 1.82) is 0 Å². The molecule has 0 unspecified atom stereocenters. The van der Waals surface area contributed by atoms with Gasteiger partial charge >= 0.3 is 0 Å². The molecule has 1 amide bonds. The summed E-state index contributed by atoms with van der Waals surface area (Å²) < 4.78 is 19.1. The minimum Gasteiger partial charge on any atom is -0.455 e. The Kier molecular flexibility index (Phi) is 7.76. The Labute approximate surface area is 177 Å². The lowest BCUT2D eigenvalue weighted by Crippen LogP contribution is -2.31. The number of hydrogen-bond acceptors (Lipinski definition) is 4. The molecule has 1 aromatic heterocycles. The standard InChI is InChI=1S/C24H28FN3O2/c1-27(2)15-14-26-24(29)23-13-12-22(30-23)18-28(16-19-6-4-3-5-7-19)17-20-8-10-21(25)11-9-20/h3-13H,14-18H2,1-2H3,(H,26,29). The monoisotopic (exact) mass is 409 g/mol. The van der Waals surface area contributed by atoms with Gasteiger partial charge in [-0.25, -0.2) is 4.39 Å². The summed E-state index contributed by atoms with van der Waals surface area (Å²) in [5.41, 5.74) is 2.19. The minimum absolute atomic E-state index is 0.212. The molecule has 6 heteroatoms. The van der Waals surface area contributed by atoms with Gasteiger partial charge in [-0.3, -0.25) is 9.69 Å². The summed E-state index contributed by atoms with van der Waals surface area (Å²) in [7, 11) is 3.92. The fraction of sp³-hybridized carbons (Fsp3) is 0.292. The number of nitrogens with zero attached hydrogens (tertiary/aromatic N) is 2. The fourth-order valence-corrected chi connectivity index (χ4v) is 3.14. The van der Waals surface area contributed by atoms with E-state index in [2.05, 4.69) is 22.3 Å². The third kappa shape index (κ3) is 6.83. The molecule has 0 spiro atoms. The number of rotatable bonds is 10. The molecule has 3 rings (SSSR count). The van der Waals surface area contributed by atoms with E-state index in [0.29, 0.717) is 37.7 Å². The summed E-state index contributed by atoms with van der Waals surface area (Å²) in [5.74, 6) is 0.566. The van der Waals surface area contributed by atoms with Gasteiger partial charge in [0.2, 0.25) is 0 Å². The number of carbonyl (C=O) groups excluding carboxylic acids is 1. The first-order valence-electron chi connectivity index (χ1n) is 10.0. The van der Waals surface area contributed by atoms with Crippen molar-refractivity contribution in [2.75, 3.05) is 27.2 Å². The van der Waals surface area contributed by atoms with Crippen LogP contribution in [0.3, 0.4) is 0 Å². The Morgan fingerprint density at radius 3 is 2.23 bits per heavy atom. The molecule has 0 aliphatic heterocycles. The van der Waals surface area contributed by atoms with Crippen molar-refractivity contribution in [3.05, 3.63) is 95.2 Å². The van der Waals surface area contributed by atoms with Gasteiger partial charge in [-0.15, -0.1) is 0 Å². The molecule has 0 atom stereocenters. The zero-order valence-electron chi connectivity index (χ0n) is 17.5. The fourth-order valence-electron chi connectivity index (χ4n) is 3.14. The number of furan rings is 1. The third-order valence-corrected chi connectivity index (χ3v) is 4.68. The van der Waals surface area contributed by atoms with Gasteiger partial charge in [-0.2, -0.15) is 0 Å². The van der Waals surface area contributed by atoms with Crippen molar-refractivity contribution in [2.45, 2.75) is 19.6 Å². The van der Waals surface area contributed by atoms with Gasteiger partial charge in [-0.1, -0.05) is 42.5 Å². The maximum Gasteiger partial charge on any atom is 0.287 e. The second-order valence-corrected chi connectivity index (χ2v) is 7.58. The average molecular weight is 410 g/mol. The number of halogens is 1. The van der Waals surface area contributed by atoms with Crippen LogP contribution in [0.1, 0.15) is 27.4 Å². The van der Waals surface area contributed by atoms with E-state index in [4.69, 9.17) is 4.42 Å². The number of amides is 1. The van der Waals surface area contributed by atoms with Crippen molar-refractivity contribution in [2.24, 2.45) is 0 Å². The normalized spacial score (nSPS) is 11.2. The van der Waals surface area contributed by atoms with E-state index in [9.17, 15) is 9.18 Å². The lowest BCUT2D eigenvalue weighted by Gasteiger charge is -2.21. The van der Waals surface area contributed by atoms with Crippen LogP contribution in [-0.2, 0) is 19.6 Å². The molecule has 1 heterocycles. The quantitative estimate of drug-likeness (QED) is 0.552. The van der Waals surface area contributed by atoms with E-state index < -0.39 is 0 Å². The average Bonchev–Trinajstić information content (AvgIpc) is 3.19. The Morgan fingerprint density at radius 2 is 1.57 bits per heavy atom. The van der Waals surface area contributed by atoms with Crippen LogP contribution in [-0.4, -0.2) is 42.9 Å². The highest BCUT2D eigenvalue weighted by Gasteiger charge is 2.14. The minimum atomic E-state index is -0.246. The summed E-state index contributed by atoms with van der Waals surface area (Å²) >= 11 is 0. The maximum atomic E-state index is 13.3. The predicted octanol–water partition coefficient (Wildman–Crippen LogP) is 3.91. The van der Waals surface area contributed by atoms with E-state index in [1.54, 1.807) is 18.2 Å². The zero-order valence-corrected chi connectivity index (χ0v) is 17.5. The van der Waals surface area contributed by atoms with Crippen molar-refractivity contribution < 1.29 is 13.6 Å². The molecule has 5 nitrogen and oxygen atoms in total. The summed E-state index contributed by atoms with van der Waals surface area (Å²) in [6.45, 7) is 3.22. The SMILES string of the molecule is CN(C)CCNC(=O)c1ccc(CN(Cc2ccccc2)Cc2ccc(F)cc2)o1. The van der Waals surface area contributed by atoms with Crippen LogP contribution in [0.5, 0.6) is 0 Å². The smallest absolute Gasteiger partial charge is 0.287 e. The summed E-state index contributed by atoms with van der Waals surface area (Å²) in [4.78, 5) is 16.5. The van der Waals surface area contributed by atoms with Crippen molar-refractivity contribution in [1.82, 2.24) is 15.1 Å². The van der Waals surface area contributed by atoms with Crippen LogP contribution in [0.2, 0.25) is 0 Å². The molecule has 0 bridgehead atoms. The molecule has 0 aliphatic carbocycles. The summed E-state index contributed by atoms with van der Waals surface area (Å²) in [6.07, 6.45) is 0. The van der Waals surface area contributed by atoms with Crippen molar-refractivity contribution >= 4 is 5.91 Å². The molecule has 0 fully saturated rings. The highest BCUT2D eigenvalue weighted by atomic mass is 19.1. The van der Waals surface area contributed by atoms with Gasteiger partial charge < -0.3 is 14.6 Å². The van der Waals surface area contributed by atoms with Crippen LogP contribution in [0.25, 0.3) is 0 Å². The molecular weight excluding hydrogens is 381 g/mol. The second-order valence-electron chi connectivity index (χ2n) is 7.58. The van der Waals surface area contributed by atoms with Gasteiger partial charge in [0.05, 0.1) is 6.54 Å². The van der Waals surface area contributed by atoms with Crippen LogP contribution in [0.15, 0.2) is 71.1 Å². The van der Waals surface area contributed by atoms with E-state index >= 15 is 0 Å². The Morgan fingerprint density at radius 1 is 0.900 bits per heavy atom. The van der Waals surface area contributed by atoms with Gasteiger partial charge in [0.15, 0.2) is 5.76 Å². The van der Waals surface area contributed by atoms with E-state index in [0.717, 1.165) is 12.1 Å². The van der Waals surface area contributed by atoms with E-state index in [-0.39, 0.29) is 11.7 Å². The highest BCUT2D eigenvalue weighted by molar-refractivity contribution is 5.91. The van der Waals surface area contributed by atoms with Crippen molar-refractivity contribution in [3.8, 4) is 0 Å². The molecule has 1 N–H and O–H groups in total.